The third kappa shape index (κ3) is 7.36. The minimum absolute atomic E-state index is 0. The van der Waals surface area contributed by atoms with E-state index in [0.717, 1.165) is 86.0 Å². The van der Waals surface area contributed by atoms with E-state index in [9.17, 15) is 0 Å². The monoisotopic (exact) mass is 990 g/mol. The molecule has 4 aliphatic heterocycles. The van der Waals surface area contributed by atoms with Crippen LogP contribution in [0.15, 0.2) is 29.0 Å². The molecule has 328 valence electrons. The van der Waals surface area contributed by atoms with Crippen LogP contribution in [0.3, 0.4) is 0 Å². The summed E-state index contributed by atoms with van der Waals surface area (Å²) in [6.45, 7) is 13.4. The first kappa shape index (κ1) is 44.1. The van der Waals surface area contributed by atoms with Gasteiger partial charge in [-0.2, -0.15) is 0 Å². The predicted molar refractivity (Wildman–Crippen MR) is 246 cm³/mol. The van der Waals surface area contributed by atoms with Crippen LogP contribution in [0.25, 0.3) is 22.5 Å². The van der Waals surface area contributed by atoms with Gasteiger partial charge in [-0.3, -0.25) is 9.13 Å². The van der Waals surface area contributed by atoms with E-state index in [-0.39, 0.29) is 19.7 Å². The van der Waals surface area contributed by atoms with Crippen LogP contribution in [-0.2, 0) is 23.9 Å². The third-order valence-electron chi connectivity index (χ3n) is 10.8. The molecule has 8 heterocycles. The van der Waals surface area contributed by atoms with Crippen molar-refractivity contribution in [2.24, 2.45) is 0 Å². The number of hydrogen-bond donors (Lipinski definition) is 4. The van der Waals surface area contributed by atoms with E-state index in [4.69, 9.17) is 75.4 Å². The molecule has 0 saturated heterocycles. The van der Waals surface area contributed by atoms with Crippen molar-refractivity contribution in [3.8, 4) is 45.8 Å². The Balaban J connectivity index is 0.000000171. The van der Waals surface area contributed by atoms with E-state index in [1.807, 2.05) is 23.0 Å². The Hall–Kier alpha value is -4.56. The summed E-state index contributed by atoms with van der Waals surface area (Å²) in [5.74, 6) is 5.41. The van der Waals surface area contributed by atoms with Crippen molar-refractivity contribution in [2.75, 3.05) is 38.1 Å². The van der Waals surface area contributed by atoms with E-state index in [1.165, 1.54) is 19.4 Å². The van der Waals surface area contributed by atoms with Crippen LogP contribution < -0.4 is 35.0 Å². The highest BCUT2D eigenvalue weighted by Gasteiger charge is 2.42. The lowest BCUT2D eigenvalue weighted by atomic mass is 9.81. The summed E-state index contributed by atoms with van der Waals surface area (Å²) >= 11 is 29.1. The molecule has 10 rings (SSSR count). The molecule has 62 heavy (non-hydrogen) atoms. The number of ether oxygens (including phenoxy) is 4. The average Bonchev–Trinajstić information content (AvgIpc) is 4.06. The first-order chi connectivity index (χ1) is 29.4. The average molecular weight is 993 g/mol. The number of nitrogens with one attached hydrogen (secondary N) is 2. The number of aryl methyl sites for hydroxylation is 2. The highest BCUT2D eigenvalue weighted by molar-refractivity contribution is 9.10. The second kappa shape index (κ2) is 16.5. The van der Waals surface area contributed by atoms with Crippen molar-refractivity contribution in [1.82, 2.24) is 39.5 Å². The van der Waals surface area contributed by atoms with Crippen molar-refractivity contribution in [3.05, 3.63) is 83.5 Å². The van der Waals surface area contributed by atoms with Crippen LogP contribution in [0.1, 0.15) is 65.0 Å². The molecular formula is C40H44BBrCl4N10O6. The Kier molecular flexibility index (Phi) is 11.8. The van der Waals surface area contributed by atoms with Gasteiger partial charge in [0.1, 0.15) is 23.1 Å². The van der Waals surface area contributed by atoms with Gasteiger partial charge in [0, 0.05) is 44.7 Å². The van der Waals surface area contributed by atoms with Crippen LogP contribution >= 0.6 is 62.3 Å². The van der Waals surface area contributed by atoms with E-state index < -0.39 is 12.7 Å². The van der Waals surface area contributed by atoms with E-state index in [2.05, 4.69) is 84.6 Å². The highest BCUT2D eigenvalue weighted by Crippen LogP contribution is 2.55. The summed E-state index contributed by atoms with van der Waals surface area (Å²) in [5.41, 5.74) is 6.73. The van der Waals surface area contributed by atoms with E-state index in [1.54, 1.807) is 19.4 Å². The standard InChI is InChI=1S/C20H19Cl2N5O2.C14H14BrClN4O.C6H7BClNO3.2H2/c1-9-25-26-19-20(2,3)24-15-11-5-6-29-17(11)13(14(22)16(15)27(9)19)12-7-10(21)8-23-18(12)28-4;1-6-18-19-13-14(2,3)17-10-7-4-5-21-12(7)8(15)9(16)11(10)20(6)13;1-12-6-5(7(10)11)2-4(8)3-9-6;;/h7-8,24H,5-6H2,1-4H3;17H,4-5H2,1-3H3;2-3,10-11H,1H3;2*1H. The Morgan fingerprint density at radius 2 is 1.23 bits per heavy atom. The lowest BCUT2D eigenvalue weighted by Gasteiger charge is -2.36. The molecule has 0 bridgehead atoms. The van der Waals surface area contributed by atoms with Gasteiger partial charge >= 0.3 is 7.12 Å². The van der Waals surface area contributed by atoms with Gasteiger partial charge < -0.3 is 39.6 Å². The van der Waals surface area contributed by atoms with Gasteiger partial charge in [0.2, 0.25) is 11.8 Å². The normalized spacial score (nSPS) is 15.2. The molecule has 6 aromatic rings. The number of methoxy groups -OCH3 is 2. The van der Waals surface area contributed by atoms with E-state index >= 15 is 0 Å². The smallest absolute Gasteiger partial charge is 0.492 e. The fraction of sp³-hybridized carbons (Fsp3) is 0.350. The fourth-order valence-electron chi connectivity index (χ4n) is 8.04. The van der Waals surface area contributed by atoms with Gasteiger partial charge in [-0.15, -0.1) is 20.4 Å². The molecule has 0 unspecified atom stereocenters. The molecule has 0 saturated carbocycles. The molecule has 0 radical (unpaired) electrons. The van der Waals surface area contributed by atoms with Gasteiger partial charge in [0.15, 0.2) is 11.6 Å². The molecule has 0 atom stereocenters. The lowest BCUT2D eigenvalue weighted by molar-refractivity contribution is 0.355. The maximum Gasteiger partial charge on any atom is 0.494 e. The zero-order valence-electron chi connectivity index (χ0n) is 34.7. The molecule has 16 nitrogen and oxygen atoms in total. The minimum atomic E-state index is -1.62. The van der Waals surface area contributed by atoms with Gasteiger partial charge in [0.05, 0.1) is 97.0 Å². The number of pyridine rings is 2. The number of rotatable bonds is 4. The van der Waals surface area contributed by atoms with Crippen LogP contribution in [0, 0.1) is 13.8 Å². The Bertz CT molecular complexity index is 2800. The Morgan fingerprint density at radius 1 is 0.742 bits per heavy atom. The molecular weight excluding hydrogens is 949 g/mol. The zero-order chi connectivity index (χ0) is 44.6. The fourth-order valence-corrected chi connectivity index (χ4v) is 9.53. The number of aromatic nitrogens is 8. The van der Waals surface area contributed by atoms with Gasteiger partial charge in [-0.1, -0.05) is 46.4 Å². The maximum absolute atomic E-state index is 8.84. The highest BCUT2D eigenvalue weighted by atomic mass is 79.9. The first-order valence-electron chi connectivity index (χ1n) is 19.2. The summed E-state index contributed by atoms with van der Waals surface area (Å²) in [6.07, 6.45) is 4.54. The molecule has 2 aromatic carbocycles. The van der Waals surface area contributed by atoms with Gasteiger partial charge in [-0.25, -0.2) is 9.97 Å². The van der Waals surface area contributed by atoms with Crippen molar-refractivity contribution >= 4 is 86.3 Å². The van der Waals surface area contributed by atoms with Crippen LogP contribution in [0.2, 0.25) is 20.1 Å². The molecule has 0 fully saturated rings. The molecule has 4 aromatic heterocycles. The van der Waals surface area contributed by atoms with Gasteiger partial charge in [0.25, 0.3) is 0 Å². The second-order valence-corrected chi connectivity index (χ2v) is 18.1. The van der Waals surface area contributed by atoms with Crippen LogP contribution in [0.5, 0.6) is 23.3 Å². The number of anilines is 2. The number of benzene rings is 2. The van der Waals surface area contributed by atoms with Crippen molar-refractivity contribution in [3.63, 3.8) is 0 Å². The quantitative estimate of drug-likeness (QED) is 0.124. The molecule has 4 aliphatic rings. The first-order valence-corrected chi connectivity index (χ1v) is 21.6. The van der Waals surface area contributed by atoms with Crippen molar-refractivity contribution in [1.29, 1.82) is 0 Å². The summed E-state index contributed by atoms with van der Waals surface area (Å²) in [4.78, 5) is 8.06. The summed E-state index contributed by atoms with van der Waals surface area (Å²) in [6, 6.07) is 3.18. The molecule has 0 spiro atoms. The summed E-state index contributed by atoms with van der Waals surface area (Å²) < 4.78 is 26.9. The summed E-state index contributed by atoms with van der Waals surface area (Å²) in [7, 11) is 1.34. The van der Waals surface area contributed by atoms with Crippen LogP contribution in [0.4, 0.5) is 11.4 Å². The van der Waals surface area contributed by atoms with Gasteiger partial charge in [-0.05, 0) is 69.6 Å². The summed E-state index contributed by atoms with van der Waals surface area (Å²) in [5, 5.41) is 44.0. The van der Waals surface area contributed by atoms with Crippen molar-refractivity contribution in [2.45, 2.75) is 65.5 Å². The Morgan fingerprint density at radius 3 is 1.76 bits per heavy atom. The predicted octanol–water partition coefficient (Wildman–Crippen LogP) is 8.05. The number of nitrogens with zero attached hydrogens (tertiary/aromatic N) is 8. The Labute approximate surface area is 388 Å². The minimum Gasteiger partial charge on any atom is -0.492 e. The number of fused-ring (bicyclic) bond motifs is 10. The van der Waals surface area contributed by atoms with E-state index in [0.29, 0.717) is 50.3 Å². The number of hydrogen-bond acceptors (Lipinski definition) is 14. The maximum atomic E-state index is 8.84. The SMILES string of the molecule is COc1ncc(Cl)cc1-c1c(Cl)c2c(c3c1OCC3)NC(C)(C)c1nnc(C)n1-2.COc1ncc(Cl)cc1B(O)O.Cc1nnc2n1-c1c(Cl)c(Br)c3c(c1NC2(C)C)CCO3.[HH].[HH]. The molecule has 0 amide bonds. The number of halogens is 5. The lowest BCUT2D eigenvalue weighted by Crippen LogP contribution is -2.36. The molecule has 0 aliphatic carbocycles. The zero-order valence-corrected chi connectivity index (χ0v) is 39.3. The molecule has 22 heteroatoms. The largest absolute Gasteiger partial charge is 0.494 e. The third-order valence-corrected chi connectivity index (χ3v) is 12.9. The van der Waals surface area contributed by atoms with Crippen LogP contribution in [-0.4, -0.2) is 84.1 Å². The topological polar surface area (TPSA) is 189 Å². The van der Waals surface area contributed by atoms with Crippen molar-refractivity contribution < 1.29 is 31.8 Å². The second-order valence-electron chi connectivity index (χ2n) is 15.7. The molecule has 4 N–H and O–H groups in total.